The number of fused-ring (bicyclic) bond motifs is 1. The number of nitrogens with two attached hydrogens (primary N) is 1. The van der Waals surface area contributed by atoms with Crippen molar-refractivity contribution in [1.29, 1.82) is 0 Å². The Bertz CT molecular complexity index is 429. The van der Waals surface area contributed by atoms with Crippen LogP contribution in [0.2, 0.25) is 0 Å². The average Bonchev–Trinajstić information content (AvgIpc) is 2.32. The smallest absolute Gasteiger partial charge is 0.265 e. The molecule has 4 nitrogen and oxygen atoms in total. The van der Waals surface area contributed by atoms with Gasteiger partial charge in [-0.3, -0.25) is 4.79 Å². The molecule has 2 rings (SSSR count). The molecule has 1 aromatic rings. The minimum atomic E-state index is -0.0541. The van der Waals surface area contributed by atoms with E-state index in [0.29, 0.717) is 13.1 Å². The van der Waals surface area contributed by atoms with Crippen molar-refractivity contribution < 1.29 is 9.53 Å². The maximum Gasteiger partial charge on any atom is 0.265 e. The van der Waals surface area contributed by atoms with Crippen molar-refractivity contribution in [2.75, 3.05) is 18.1 Å². The Hall–Kier alpha value is -1.81. The van der Waals surface area contributed by atoms with Crippen molar-refractivity contribution in [3.05, 3.63) is 36.4 Å². The maximum atomic E-state index is 11.7. The fourth-order valence-electron chi connectivity index (χ4n) is 1.70. The number of anilines is 1. The third-order valence-corrected chi connectivity index (χ3v) is 2.51. The van der Waals surface area contributed by atoms with Crippen LogP contribution in [0.15, 0.2) is 30.9 Å². The number of hydrogen-bond donors (Lipinski definition) is 1. The van der Waals surface area contributed by atoms with Gasteiger partial charge in [0.05, 0.1) is 5.69 Å². The van der Waals surface area contributed by atoms with Gasteiger partial charge in [0.25, 0.3) is 5.91 Å². The molecular weight excluding hydrogens is 204 g/mol. The Morgan fingerprint density at radius 3 is 3.06 bits per heavy atom. The monoisotopic (exact) mass is 218 g/mol. The Kier molecular flexibility index (Phi) is 2.92. The molecule has 0 radical (unpaired) electrons. The van der Waals surface area contributed by atoms with Crippen LogP contribution in [0, 0.1) is 0 Å². The predicted octanol–water partition coefficient (Wildman–Crippen LogP) is 1.06. The van der Waals surface area contributed by atoms with Crippen LogP contribution in [-0.2, 0) is 11.3 Å². The van der Waals surface area contributed by atoms with Crippen LogP contribution in [0.4, 0.5) is 5.69 Å². The van der Waals surface area contributed by atoms with Gasteiger partial charge >= 0.3 is 0 Å². The van der Waals surface area contributed by atoms with Crippen molar-refractivity contribution >= 4 is 11.6 Å². The summed E-state index contributed by atoms with van der Waals surface area (Å²) in [6.45, 7) is 4.67. The summed E-state index contributed by atoms with van der Waals surface area (Å²) in [4.78, 5) is 13.3. The second kappa shape index (κ2) is 4.37. The molecular formula is C12H14N2O2. The fourth-order valence-corrected chi connectivity index (χ4v) is 1.70. The molecule has 0 unspecified atom stereocenters. The Balaban J connectivity index is 2.43. The van der Waals surface area contributed by atoms with E-state index < -0.39 is 0 Å². The summed E-state index contributed by atoms with van der Waals surface area (Å²) in [6, 6.07) is 5.64. The SMILES string of the molecule is C=CCN1C(=O)COc2ccc(CN)cc21. The van der Waals surface area contributed by atoms with Gasteiger partial charge in [0.15, 0.2) is 6.61 Å². The molecule has 1 aliphatic heterocycles. The van der Waals surface area contributed by atoms with Crippen molar-refractivity contribution in [1.82, 2.24) is 0 Å². The van der Waals surface area contributed by atoms with Crippen LogP contribution in [0.3, 0.4) is 0 Å². The van der Waals surface area contributed by atoms with Gasteiger partial charge in [0, 0.05) is 13.1 Å². The van der Waals surface area contributed by atoms with Crippen molar-refractivity contribution in [2.45, 2.75) is 6.54 Å². The lowest BCUT2D eigenvalue weighted by molar-refractivity contribution is -0.121. The molecule has 0 atom stereocenters. The summed E-state index contributed by atoms with van der Waals surface area (Å²) in [7, 11) is 0. The Morgan fingerprint density at radius 1 is 1.56 bits per heavy atom. The van der Waals surface area contributed by atoms with Crippen LogP contribution >= 0.6 is 0 Å². The Morgan fingerprint density at radius 2 is 2.38 bits per heavy atom. The molecule has 4 heteroatoms. The largest absolute Gasteiger partial charge is 0.482 e. The van der Waals surface area contributed by atoms with E-state index in [4.69, 9.17) is 10.5 Å². The van der Waals surface area contributed by atoms with Gasteiger partial charge in [-0.25, -0.2) is 0 Å². The highest BCUT2D eigenvalue weighted by molar-refractivity contribution is 5.98. The Labute approximate surface area is 94.3 Å². The van der Waals surface area contributed by atoms with E-state index in [1.807, 2.05) is 18.2 Å². The highest BCUT2D eigenvalue weighted by atomic mass is 16.5. The second-order valence-corrected chi connectivity index (χ2v) is 3.59. The lowest BCUT2D eigenvalue weighted by Gasteiger charge is -2.28. The number of rotatable bonds is 3. The van der Waals surface area contributed by atoms with Gasteiger partial charge in [-0.2, -0.15) is 0 Å². The van der Waals surface area contributed by atoms with Gasteiger partial charge in [-0.05, 0) is 17.7 Å². The molecule has 1 heterocycles. The molecule has 0 bridgehead atoms. The molecule has 0 saturated heterocycles. The first-order valence-electron chi connectivity index (χ1n) is 5.13. The molecule has 16 heavy (non-hydrogen) atoms. The van der Waals surface area contributed by atoms with E-state index in [-0.39, 0.29) is 12.5 Å². The quantitative estimate of drug-likeness (QED) is 0.772. The molecule has 0 aromatic heterocycles. The topological polar surface area (TPSA) is 55.6 Å². The molecule has 84 valence electrons. The van der Waals surface area contributed by atoms with E-state index in [9.17, 15) is 4.79 Å². The normalized spacial score (nSPS) is 14.3. The van der Waals surface area contributed by atoms with Gasteiger partial charge in [0.1, 0.15) is 5.75 Å². The van der Waals surface area contributed by atoms with E-state index in [1.54, 1.807) is 11.0 Å². The summed E-state index contributed by atoms with van der Waals surface area (Å²) in [5.41, 5.74) is 7.33. The van der Waals surface area contributed by atoms with Crippen molar-refractivity contribution in [2.24, 2.45) is 5.73 Å². The first kappa shape index (κ1) is 10.7. The highest BCUT2D eigenvalue weighted by Crippen LogP contribution is 2.32. The lowest BCUT2D eigenvalue weighted by Crippen LogP contribution is -2.38. The number of amides is 1. The lowest BCUT2D eigenvalue weighted by atomic mass is 10.1. The average molecular weight is 218 g/mol. The zero-order chi connectivity index (χ0) is 11.5. The molecule has 0 aliphatic carbocycles. The predicted molar refractivity (Wildman–Crippen MR) is 62.4 cm³/mol. The number of nitrogens with zero attached hydrogens (tertiary/aromatic N) is 1. The highest BCUT2D eigenvalue weighted by Gasteiger charge is 2.24. The molecule has 1 amide bonds. The maximum absolute atomic E-state index is 11.7. The minimum Gasteiger partial charge on any atom is -0.482 e. The molecule has 0 fully saturated rings. The summed E-state index contributed by atoms with van der Waals surface area (Å²) in [6.07, 6.45) is 1.70. The number of benzene rings is 1. The number of hydrogen-bond acceptors (Lipinski definition) is 3. The van der Waals surface area contributed by atoms with Gasteiger partial charge in [0.2, 0.25) is 0 Å². The molecule has 1 aliphatic rings. The van der Waals surface area contributed by atoms with E-state index in [1.165, 1.54) is 0 Å². The number of carbonyl (C=O) groups is 1. The van der Waals surface area contributed by atoms with Crippen LogP contribution in [-0.4, -0.2) is 19.1 Å². The third kappa shape index (κ3) is 1.79. The van der Waals surface area contributed by atoms with Gasteiger partial charge < -0.3 is 15.4 Å². The van der Waals surface area contributed by atoms with Crippen LogP contribution < -0.4 is 15.4 Å². The molecule has 1 aromatic carbocycles. The zero-order valence-corrected chi connectivity index (χ0v) is 8.98. The van der Waals surface area contributed by atoms with Crippen LogP contribution in [0.1, 0.15) is 5.56 Å². The standard InChI is InChI=1S/C12H14N2O2/c1-2-5-14-10-6-9(7-13)3-4-11(10)16-8-12(14)15/h2-4,6H,1,5,7-8,13H2. The van der Waals surface area contributed by atoms with Crippen molar-refractivity contribution in [3.63, 3.8) is 0 Å². The van der Waals surface area contributed by atoms with Gasteiger partial charge in [-0.1, -0.05) is 12.1 Å². The zero-order valence-electron chi connectivity index (χ0n) is 8.98. The molecule has 0 spiro atoms. The third-order valence-electron chi connectivity index (χ3n) is 2.51. The van der Waals surface area contributed by atoms with E-state index >= 15 is 0 Å². The van der Waals surface area contributed by atoms with E-state index in [2.05, 4.69) is 6.58 Å². The molecule has 2 N–H and O–H groups in total. The first-order chi connectivity index (χ1) is 7.76. The number of ether oxygens (including phenoxy) is 1. The number of carbonyl (C=O) groups excluding carboxylic acids is 1. The summed E-state index contributed by atoms with van der Waals surface area (Å²) in [5, 5.41) is 0. The summed E-state index contributed by atoms with van der Waals surface area (Å²) in [5.74, 6) is 0.667. The fraction of sp³-hybridized carbons (Fsp3) is 0.250. The van der Waals surface area contributed by atoms with E-state index in [0.717, 1.165) is 17.0 Å². The van der Waals surface area contributed by atoms with Crippen LogP contribution in [0.25, 0.3) is 0 Å². The second-order valence-electron chi connectivity index (χ2n) is 3.59. The first-order valence-corrected chi connectivity index (χ1v) is 5.13. The van der Waals surface area contributed by atoms with Crippen LogP contribution in [0.5, 0.6) is 5.75 Å². The summed E-state index contributed by atoms with van der Waals surface area (Å²) >= 11 is 0. The van der Waals surface area contributed by atoms with Crippen molar-refractivity contribution in [3.8, 4) is 5.75 Å². The summed E-state index contributed by atoms with van der Waals surface area (Å²) < 4.78 is 5.35. The van der Waals surface area contributed by atoms with Gasteiger partial charge in [-0.15, -0.1) is 6.58 Å². The minimum absolute atomic E-state index is 0.0541. The molecule has 0 saturated carbocycles.